The first-order chi connectivity index (χ1) is 11.7. The molecule has 134 valence electrons. The first-order valence-electron chi connectivity index (χ1n) is 7.93. The fourth-order valence-electron chi connectivity index (χ4n) is 2.10. The number of nitrogens with one attached hydrogen (secondary N) is 2. The molecule has 0 aliphatic heterocycles. The van der Waals surface area contributed by atoms with Gasteiger partial charge in [0.05, 0.1) is 10.6 Å². The van der Waals surface area contributed by atoms with Gasteiger partial charge in [-0.15, -0.1) is 0 Å². The molecule has 0 saturated carbocycles. The molecule has 1 atom stereocenters. The van der Waals surface area contributed by atoms with Crippen LogP contribution in [0.3, 0.4) is 0 Å². The van der Waals surface area contributed by atoms with Crippen LogP contribution in [0, 0.1) is 6.92 Å². The fraction of sp³-hybridized carbons (Fsp3) is 0.278. The van der Waals surface area contributed by atoms with Crippen LogP contribution in [-0.2, 0) is 10.0 Å². The van der Waals surface area contributed by atoms with Crippen LogP contribution in [0.4, 0.5) is 5.69 Å². The number of hydrogen-bond donors (Lipinski definition) is 2. The predicted molar refractivity (Wildman–Crippen MR) is 101 cm³/mol. The molecule has 2 aromatic rings. The Hall–Kier alpha value is -2.05. The number of aryl methyl sites for hydroxylation is 1. The lowest BCUT2D eigenvalue weighted by molar-refractivity contribution is 0.0939. The lowest BCUT2D eigenvalue weighted by Crippen LogP contribution is -2.31. The summed E-state index contributed by atoms with van der Waals surface area (Å²) in [6.07, 6.45) is 0.821. The van der Waals surface area contributed by atoms with Gasteiger partial charge in [-0.1, -0.05) is 24.6 Å². The minimum absolute atomic E-state index is 0.0587. The third kappa shape index (κ3) is 4.96. The number of hydrogen-bond acceptors (Lipinski definition) is 3. The molecule has 0 saturated heterocycles. The van der Waals surface area contributed by atoms with Crippen LogP contribution in [0.2, 0.25) is 5.02 Å². The first-order valence-corrected chi connectivity index (χ1v) is 9.79. The average Bonchev–Trinajstić information content (AvgIpc) is 2.58. The Morgan fingerprint density at radius 2 is 1.80 bits per heavy atom. The molecule has 25 heavy (non-hydrogen) atoms. The zero-order valence-electron chi connectivity index (χ0n) is 14.3. The number of carbonyl (C=O) groups excluding carboxylic acids is 1. The molecule has 0 spiro atoms. The largest absolute Gasteiger partial charge is 0.350 e. The summed E-state index contributed by atoms with van der Waals surface area (Å²) in [5.74, 6) is -0.225. The van der Waals surface area contributed by atoms with Crippen molar-refractivity contribution in [3.05, 3.63) is 58.6 Å². The van der Waals surface area contributed by atoms with E-state index in [2.05, 4.69) is 10.0 Å². The lowest BCUT2D eigenvalue weighted by Gasteiger charge is -2.13. The van der Waals surface area contributed by atoms with Crippen molar-refractivity contribution in [2.75, 3.05) is 4.72 Å². The Kier molecular flexibility index (Phi) is 6.08. The van der Waals surface area contributed by atoms with Gasteiger partial charge in [-0.05, 0) is 62.2 Å². The molecule has 0 aromatic heterocycles. The Labute approximate surface area is 153 Å². The van der Waals surface area contributed by atoms with Crippen LogP contribution in [0.1, 0.15) is 36.2 Å². The Morgan fingerprint density at radius 1 is 1.16 bits per heavy atom. The van der Waals surface area contributed by atoms with E-state index in [1.54, 1.807) is 25.1 Å². The van der Waals surface area contributed by atoms with Crippen molar-refractivity contribution in [1.82, 2.24) is 5.32 Å². The van der Waals surface area contributed by atoms with Crippen molar-refractivity contribution in [2.45, 2.75) is 38.1 Å². The summed E-state index contributed by atoms with van der Waals surface area (Å²) in [7, 11) is -3.76. The van der Waals surface area contributed by atoms with Gasteiger partial charge in [-0.2, -0.15) is 0 Å². The van der Waals surface area contributed by atoms with E-state index < -0.39 is 10.0 Å². The number of benzene rings is 2. The minimum Gasteiger partial charge on any atom is -0.350 e. The van der Waals surface area contributed by atoms with Gasteiger partial charge in [-0.25, -0.2) is 8.42 Å². The summed E-state index contributed by atoms with van der Waals surface area (Å²) in [6.45, 7) is 5.68. The maximum Gasteiger partial charge on any atom is 0.261 e. The second-order valence-corrected chi connectivity index (χ2v) is 7.99. The van der Waals surface area contributed by atoms with E-state index in [-0.39, 0.29) is 16.8 Å². The van der Waals surface area contributed by atoms with E-state index in [0.29, 0.717) is 16.3 Å². The predicted octanol–water partition coefficient (Wildman–Crippen LogP) is 3.98. The number of halogens is 1. The van der Waals surface area contributed by atoms with Crippen LogP contribution in [0.5, 0.6) is 0 Å². The van der Waals surface area contributed by atoms with Crippen molar-refractivity contribution in [3.8, 4) is 0 Å². The van der Waals surface area contributed by atoms with Crippen molar-refractivity contribution in [2.24, 2.45) is 0 Å². The lowest BCUT2D eigenvalue weighted by atomic mass is 10.2. The van der Waals surface area contributed by atoms with E-state index in [1.807, 2.05) is 13.8 Å². The topological polar surface area (TPSA) is 75.3 Å². The smallest absolute Gasteiger partial charge is 0.261 e. The molecule has 1 amide bonds. The summed E-state index contributed by atoms with van der Waals surface area (Å²) in [5.41, 5.74) is 1.60. The molecule has 2 rings (SSSR count). The van der Waals surface area contributed by atoms with Gasteiger partial charge < -0.3 is 5.32 Å². The molecule has 0 heterocycles. The highest BCUT2D eigenvalue weighted by molar-refractivity contribution is 7.92. The van der Waals surface area contributed by atoms with Gasteiger partial charge in [0.1, 0.15) is 0 Å². The van der Waals surface area contributed by atoms with E-state index in [1.165, 1.54) is 24.3 Å². The molecule has 5 nitrogen and oxygen atoms in total. The molecule has 1 unspecified atom stereocenters. The van der Waals surface area contributed by atoms with Gasteiger partial charge >= 0.3 is 0 Å². The van der Waals surface area contributed by atoms with Crippen LogP contribution in [-0.4, -0.2) is 20.4 Å². The van der Waals surface area contributed by atoms with Gasteiger partial charge in [0.15, 0.2) is 0 Å². The molecule has 0 radical (unpaired) electrons. The molecule has 0 aliphatic rings. The Balaban J connectivity index is 2.20. The number of carbonyl (C=O) groups is 1. The van der Waals surface area contributed by atoms with Gasteiger partial charge in [0.2, 0.25) is 0 Å². The molecule has 7 heteroatoms. The van der Waals surface area contributed by atoms with E-state index >= 15 is 0 Å². The number of rotatable bonds is 6. The molecule has 2 aromatic carbocycles. The highest BCUT2D eigenvalue weighted by Crippen LogP contribution is 2.23. The summed E-state index contributed by atoms with van der Waals surface area (Å²) in [6, 6.07) is 10.9. The van der Waals surface area contributed by atoms with Crippen molar-refractivity contribution >= 4 is 33.2 Å². The normalized spacial score (nSPS) is 12.5. The summed E-state index contributed by atoms with van der Waals surface area (Å²) in [5, 5.41) is 3.28. The van der Waals surface area contributed by atoms with Crippen LogP contribution in [0.25, 0.3) is 0 Å². The second-order valence-electron chi connectivity index (χ2n) is 5.87. The van der Waals surface area contributed by atoms with Crippen molar-refractivity contribution in [3.63, 3.8) is 0 Å². The molecule has 0 aliphatic carbocycles. The molecule has 2 N–H and O–H groups in total. The van der Waals surface area contributed by atoms with Crippen LogP contribution < -0.4 is 10.0 Å². The zero-order valence-corrected chi connectivity index (χ0v) is 15.9. The van der Waals surface area contributed by atoms with Crippen molar-refractivity contribution < 1.29 is 13.2 Å². The zero-order chi connectivity index (χ0) is 18.6. The SMILES string of the molecule is CCC(C)NC(=O)c1ccc(S(=O)(=O)Nc2cc(Cl)ccc2C)cc1. The van der Waals surface area contributed by atoms with Gasteiger partial charge in [0.25, 0.3) is 15.9 Å². The van der Waals surface area contributed by atoms with Crippen molar-refractivity contribution in [1.29, 1.82) is 0 Å². The van der Waals surface area contributed by atoms with E-state index in [9.17, 15) is 13.2 Å². The highest BCUT2D eigenvalue weighted by atomic mass is 35.5. The second kappa shape index (κ2) is 7.89. The Bertz CT molecular complexity index is 864. The third-order valence-corrected chi connectivity index (χ3v) is 5.48. The quantitative estimate of drug-likeness (QED) is 0.795. The average molecular weight is 381 g/mol. The summed E-state index contributed by atoms with van der Waals surface area (Å²) >= 11 is 5.92. The fourth-order valence-corrected chi connectivity index (χ4v) is 3.40. The van der Waals surface area contributed by atoms with Crippen LogP contribution in [0.15, 0.2) is 47.4 Å². The maximum absolute atomic E-state index is 12.5. The minimum atomic E-state index is -3.76. The third-order valence-electron chi connectivity index (χ3n) is 3.86. The summed E-state index contributed by atoms with van der Waals surface area (Å²) < 4.78 is 27.6. The maximum atomic E-state index is 12.5. The molecule has 0 bridgehead atoms. The number of anilines is 1. The monoisotopic (exact) mass is 380 g/mol. The van der Waals surface area contributed by atoms with E-state index in [4.69, 9.17) is 11.6 Å². The van der Waals surface area contributed by atoms with Gasteiger partial charge in [-0.3, -0.25) is 9.52 Å². The molecular weight excluding hydrogens is 360 g/mol. The Morgan fingerprint density at radius 3 is 2.40 bits per heavy atom. The summed E-state index contributed by atoms with van der Waals surface area (Å²) in [4.78, 5) is 12.1. The van der Waals surface area contributed by atoms with Gasteiger partial charge in [0, 0.05) is 16.6 Å². The van der Waals surface area contributed by atoms with Crippen LogP contribution >= 0.6 is 11.6 Å². The highest BCUT2D eigenvalue weighted by Gasteiger charge is 2.17. The van der Waals surface area contributed by atoms with E-state index in [0.717, 1.165) is 12.0 Å². The molecular formula is C18H21ClN2O3S. The number of sulfonamides is 1. The number of amides is 1. The first kappa shape index (κ1) is 19.3. The molecule has 0 fully saturated rings. The standard InChI is InChI=1S/C18H21ClN2O3S/c1-4-13(3)20-18(22)14-6-9-16(10-7-14)25(23,24)21-17-11-15(19)8-5-12(17)2/h5-11,13,21H,4H2,1-3H3,(H,20,22).